The van der Waals surface area contributed by atoms with Crippen LogP contribution in [0.5, 0.6) is 5.75 Å². The van der Waals surface area contributed by atoms with E-state index in [9.17, 15) is 18.0 Å². The number of halogens is 3. The van der Waals surface area contributed by atoms with Crippen molar-refractivity contribution < 1.29 is 27.4 Å². The van der Waals surface area contributed by atoms with E-state index in [-0.39, 0.29) is 23.5 Å². The van der Waals surface area contributed by atoms with Gasteiger partial charge in [0.1, 0.15) is 12.4 Å². The summed E-state index contributed by atoms with van der Waals surface area (Å²) in [5, 5.41) is 0. The number of hydrogen-bond acceptors (Lipinski definition) is 4. The predicted molar refractivity (Wildman–Crippen MR) is 90.1 cm³/mol. The lowest BCUT2D eigenvalue weighted by Crippen LogP contribution is -2.29. The zero-order valence-electron chi connectivity index (χ0n) is 14.3. The molecule has 0 aliphatic carbocycles. The maximum atomic E-state index is 13.4. The lowest BCUT2D eigenvalue weighted by molar-refractivity contribution is -0.198. The Morgan fingerprint density at radius 3 is 2.58 bits per heavy atom. The van der Waals surface area contributed by atoms with Crippen molar-refractivity contribution in [1.29, 1.82) is 0 Å². The van der Waals surface area contributed by atoms with Gasteiger partial charge in [-0.15, -0.1) is 0 Å². The number of carbonyl (C=O) groups excluding carboxylic acids is 1. The second-order valence-corrected chi connectivity index (χ2v) is 6.24. The number of ether oxygens (including phenoxy) is 2. The number of alkyl halides is 3. The van der Waals surface area contributed by atoms with E-state index < -0.39 is 18.2 Å². The Labute approximate surface area is 149 Å². The highest BCUT2D eigenvalue weighted by atomic mass is 19.4. The number of esters is 1. The Morgan fingerprint density at radius 2 is 1.88 bits per heavy atom. The molecule has 1 atom stereocenters. The first-order chi connectivity index (χ1) is 12.3. The monoisotopic (exact) mass is 365 g/mol. The van der Waals surface area contributed by atoms with Gasteiger partial charge in [0, 0.05) is 17.7 Å². The number of likely N-dealkylation sites (N-methyl/N-ethyl adjacent to an activating group) is 1. The summed E-state index contributed by atoms with van der Waals surface area (Å²) in [6, 6.07) is 10.5. The zero-order valence-corrected chi connectivity index (χ0v) is 14.3. The summed E-state index contributed by atoms with van der Waals surface area (Å²) in [6.07, 6.45) is -6.62. The molecule has 7 heteroatoms. The largest absolute Gasteiger partial charge is 0.475 e. The van der Waals surface area contributed by atoms with Crippen LogP contribution in [0.15, 0.2) is 42.5 Å². The molecule has 4 nitrogen and oxygen atoms in total. The summed E-state index contributed by atoms with van der Waals surface area (Å²) in [6.45, 7) is 0.729. The van der Waals surface area contributed by atoms with Gasteiger partial charge in [0.15, 0.2) is 0 Å². The molecule has 3 rings (SSSR count). The predicted octanol–water partition coefficient (Wildman–Crippen LogP) is 4.07. The summed E-state index contributed by atoms with van der Waals surface area (Å²) in [5.74, 6) is -0.569. The van der Waals surface area contributed by atoms with Crippen molar-refractivity contribution in [3.63, 3.8) is 0 Å². The van der Waals surface area contributed by atoms with Crippen molar-refractivity contribution in [2.45, 2.75) is 12.3 Å². The van der Waals surface area contributed by atoms with Gasteiger partial charge in [0.2, 0.25) is 6.10 Å². The minimum atomic E-state index is -4.56. The molecule has 0 bridgehead atoms. The fourth-order valence-electron chi connectivity index (χ4n) is 2.86. The summed E-state index contributed by atoms with van der Waals surface area (Å²) >= 11 is 0. The summed E-state index contributed by atoms with van der Waals surface area (Å²) < 4.78 is 50.7. The fraction of sp³-hybridized carbons (Fsp3) is 0.316. The lowest BCUT2D eigenvalue weighted by atomic mass is 9.89. The van der Waals surface area contributed by atoms with Crippen molar-refractivity contribution in [3.05, 3.63) is 53.6 Å². The lowest BCUT2D eigenvalue weighted by Gasteiger charge is -2.30. The first-order valence-corrected chi connectivity index (χ1v) is 8.06. The first kappa shape index (κ1) is 18.3. The first-order valence-electron chi connectivity index (χ1n) is 8.06. The van der Waals surface area contributed by atoms with Crippen LogP contribution in [0.1, 0.15) is 22.0 Å². The molecule has 1 aliphatic rings. The van der Waals surface area contributed by atoms with Crippen LogP contribution in [-0.4, -0.2) is 44.3 Å². The molecule has 0 N–H and O–H groups in total. The van der Waals surface area contributed by atoms with Gasteiger partial charge in [-0.2, -0.15) is 13.2 Å². The molecule has 0 fully saturated rings. The Bertz CT molecular complexity index is 818. The topological polar surface area (TPSA) is 38.8 Å². The maximum Gasteiger partial charge on any atom is 0.429 e. The van der Waals surface area contributed by atoms with Crippen LogP contribution >= 0.6 is 0 Å². The van der Waals surface area contributed by atoms with E-state index in [1.165, 1.54) is 30.3 Å². The highest BCUT2D eigenvalue weighted by Crippen LogP contribution is 2.49. The van der Waals surface area contributed by atoms with Crippen LogP contribution < -0.4 is 4.74 Å². The second-order valence-electron chi connectivity index (χ2n) is 6.24. The van der Waals surface area contributed by atoms with Gasteiger partial charge in [-0.05, 0) is 31.8 Å². The van der Waals surface area contributed by atoms with E-state index in [2.05, 4.69) is 0 Å². The molecule has 138 valence electrons. The van der Waals surface area contributed by atoms with Gasteiger partial charge in [0.05, 0.1) is 5.56 Å². The van der Waals surface area contributed by atoms with Crippen LogP contribution in [0.3, 0.4) is 0 Å². The molecule has 1 heterocycles. The van der Waals surface area contributed by atoms with Crippen LogP contribution in [0.2, 0.25) is 0 Å². The van der Waals surface area contributed by atoms with Crippen molar-refractivity contribution in [1.82, 2.24) is 4.90 Å². The molecule has 2 aromatic rings. The third kappa shape index (κ3) is 3.53. The van der Waals surface area contributed by atoms with E-state index in [0.717, 1.165) is 0 Å². The number of carbonyl (C=O) groups is 1. The fourth-order valence-corrected chi connectivity index (χ4v) is 2.86. The highest BCUT2D eigenvalue weighted by molar-refractivity contribution is 6.00. The van der Waals surface area contributed by atoms with E-state index in [0.29, 0.717) is 17.7 Å². The van der Waals surface area contributed by atoms with Gasteiger partial charge >= 0.3 is 12.1 Å². The SMILES string of the molecule is CN(C)CCOC(=O)c1cccc2c1-c1ccccc1C(C(F)(F)F)O2. The second kappa shape index (κ2) is 6.99. The molecule has 26 heavy (non-hydrogen) atoms. The number of fused-ring (bicyclic) bond motifs is 3. The van der Waals surface area contributed by atoms with Gasteiger partial charge in [-0.25, -0.2) is 4.79 Å². The molecule has 0 aromatic heterocycles. The molecule has 0 saturated heterocycles. The van der Waals surface area contributed by atoms with E-state index in [4.69, 9.17) is 9.47 Å². The maximum absolute atomic E-state index is 13.4. The standard InChI is InChI=1S/C19H18F3NO3/c1-23(2)10-11-25-18(24)14-8-5-9-15-16(14)12-6-3-4-7-13(12)17(26-15)19(20,21)22/h3-9,17H,10-11H2,1-2H3. The van der Waals surface area contributed by atoms with E-state index in [1.54, 1.807) is 12.1 Å². The van der Waals surface area contributed by atoms with Crippen molar-refractivity contribution >= 4 is 5.97 Å². The normalized spacial score (nSPS) is 15.8. The highest BCUT2D eigenvalue weighted by Gasteiger charge is 2.47. The van der Waals surface area contributed by atoms with Crippen LogP contribution in [0.4, 0.5) is 13.2 Å². The summed E-state index contributed by atoms with van der Waals surface area (Å²) in [4.78, 5) is 14.3. The van der Waals surface area contributed by atoms with Crippen molar-refractivity contribution in [2.75, 3.05) is 27.2 Å². The molecule has 1 aliphatic heterocycles. The molecule has 0 radical (unpaired) electrons. The van der Waals surface area contributed by atoms with E-state index >= 15 is 0 Å². The molecular formula is C19H18F3NO3. The van der Waals surface area contributed by atoms with Gasteiger partial charge in [0.25, 0.3) is 0 Å². The Morgan fingerprint density at radius 1 is 1.15 bits per heavy atom. The number of rotatable bonds is 4. The van der Waals surface area contributed by atoms with Crippen molar-refractivity contribution in [2.24, 2.45) is 0 Å². The molecule has 0 spiro atoms. The summed E-state index contributed by atoms with van der Waals surface area (Å²) in [7, 11) is 3.69. The molecule has 0 saturated carbocycles. The van der Waals surface area contributed by atoms with Crippen LogP contribution in [0, 0.1) is 0 Å². The minimum Gasteiger partial charge on any atom is -0.475 e. The molecule has 2 aromatic carbocycles. The molecule has 0 amide bonds. The molecular weight excluding hydrogens is 347 g/mol. The molecule has 1 unspecified atom stereocenters. The number of hydrogen-bond donors (Lipinski definition) is 0. The Balaban J connectivity index is 2.02. The van der Waals surface area contributed by atoms with Crippen LogP contribution in [-0.2, 0) is 4.74 Å². The number of benzene rings is 2. The third-order valence-corrected chi connectivity index (χ3v) is 4.07. The van der Waals surface area contributed by atoms with Crippen LogP contribution in [0.25, 0.3) is 11.1 Å². The van der Waals surface area contributed by atoms with E-state index in [1.807, 2.05) is 19.0 Å². The minimum absolute atomic E-state index is 0.0129. The van der Waals surface area contributed by atoms with Gasteiger partial charge in [-0.1, -0.05) is 30.3 Å². The number of nitrogens with zero attached hydrogens (tertiary/aromatic N) is 1. The van der Waals surface area contributed by atoms with Gasteiger partial charge in [-0.3, -0.25) is 0 Å². The summed E-state index contributed by atoms with van der Waals surface area (Å²) in [5.41, 5.74) is 0.838. The third-order valence-electron chi connectivity index (χ3n) is 4.07. The zero-order chi connectivity index (χ0) is 18.9. The van der Waals surface area contributed by atoms with Crippen molar-refractivity contribution in [3.8, 4) is 16.9 Å². The smallest absolute Gasteiger partial charge is 0.429 e. The Kier molecular flexibility index (Phi) is 4.91. The average molecular weight is 365 g/mol. The Hall–Kier alpha value is -2.54. The van der Waals surface area contributed by atoms with Gasteiger partial charge < -0.3 is 14.4 Å². The quantitative estimate of drug-likeness (QED) is 0.766. The average Bonchev–Trinajstić information content (AvgIpc) is 2.59.